The van der Waals surface area contributed by atoms with Gasteiger partial charge >= 0.3 is 0 Å². The van der Waals surface area contributed by atoms with Crippen molar-refractivity contribution in [3.05, 3.63) is 68.7 Å². The maximum absolute atomic E-state index is 6.21. The van der Waals surface area contributed by atoms with Crippen molar-refractivity contribution < 1.29 is 0 Å². The summed E-state index contributed by atoms with van der Waals surface area (Å²) in [5, 5.41) is 4.67. The predicted octanol–water partition coefficient (Wildman–Crippen LogP) is 5.61. The Balaban J connectivity index is 2.06. The maximum atomic E-state index is 6.21. The molecular formula is C18H19Cl2NS. The highest BCUT2D eigenvalue weighted by atomic mass is 35.5. The monoisotopic (exact) mass is 351 g/mol. The Hall–Kier alpha value is -0.670. The first-order chi connectivity index (χ1) is 10.6. The molecular weight excluding hydrogens is 333 g/mol. The van der Waals surface area contributed by atoms with Crippen LogP contribution in [0, 0.1) is 0 Å². The minimum Gasteiger partial charge on any atom is -0.313 e. The van der Waals surface area contributed by atoms with Crippen LogP contribution in [0.1, 0.15) is 47.1 Å². The Morgan fingerprint density at radius 2 is 1.86 bits per heavy atom. The second kappa shape index (κ2) is 6.84. The zero-order chi connectivity index (χ0) is 15.7. The van der Waals surface area contributed by atoms with Gasteiger partial charge in [-0.2, -0.15) is 12.6 Å². The van der Waals surface area contributed by atoms with Crippen molar-refractivity contribution in [2.75, 3.05) is 7.05 Å². The van der Waals surface area contributed by atoms with E-state index in [1.807, 2.05) is 19.2 Å². The lowest BCUT2D eigenvalue weighted by atomic mass is 9.76. The summed E-state index contributed by atoms with van der Waals surface area (Å²) in [6.45, 7) is 0. The molecule has 0 amide bonds. The molecule has 1 aliphatic carbocycles. The van der Waals surface area contributed by atoms with E-state index in [4.69, 9.17) is 23.2 Å². The standard InChI is InChI=1S/C18H19Cl2NS/c1-21-18-7-5-13(12-3-6-16(19)17(20)9-12)14-4-2-11(10-22)8-15(14)18/h2-4,6,8-9,13,18,21-22H,5,7,10H2,1H3/t13-,18-/m0/s1. The normalized spacial score (nSPS) is 20.7. The van der Waals surface area contributed by atoms with E-state index in [0.717, 1.165) is 18.6 Å². The van der Waals surface area contributed by atoms with Crippen molar-refractivity contribution in [3.8, 4) is 0 Å². The second-order valence-electron chi connectivity index (χ2n) is 5.77. The molecule has 0 unspecified atom stereocenters. The highest BCUT2D eigenvalue weighted by Crippen LogP contribution is 2.42. The van der Waals surface area contributed by atoms with Gasteiger partial charge in [-0.15, -0.1) is 0 Å². The van der Waals surface area contributed by atoms with Crippen molar-refractivity contribution in [3.63, 3.8) is 0 Å². The van der Waals surface area contributed by atoms with Crippen LogP contribution >= 0.6 is 35.8 Å². The zero-order valence-corrected chi connectivity index (χ0v) is 14.8. The van der Waals surface area contributed by atoms with Gasteiger partial charge in [-0.3, -0.25) is 0 Å². The first kappa shape index (κ1) is 16.2. The summed E-state index contributed by atoms with van der Waals surface area (Å²) >= 11 is 16.7. The fourth-order valence-corrected chi connectivity index (χ4v) is 3.86. The second-order valence-corrected chi connectivity index (χ2v) is 6.90. The first-order valence-electron chi connectivity index (χ1n) is 7.50. The Kier molecular flexibility index (Phi) is 5.03. The molecule has 116 valence electrons. The summed E-state index contributed by atoms with van der Waals surface area (Å²) in [4.78, 5) is 0. The van der Waals surface area contributed by atoms with Crippen molar-refractivity contribution in [1.29, 1.82) is 0 Å². The molecule has 0 fully saturated rings. The van der Waals surface area contributed by atoms with E-state index in [-0.39, 0.29) is 0 Å². The van der Waals surface area contributed by atoms with Crippen LogP contribution in [0.5, 0.6) is 0 Å². The molecule has 0 spiro atoms. The number of thiol groups is 1. The van der Waals surface area contributed by atoms with Crippen molar-refractivity contribution in [1.82, 2.24) is 5.32 Å². The van der Waals surface area contributed by atoms with Gasteiger partial charge in [0.15, 0.2) is 0 Å². The molecule has 1 nitrogen and oxygen atoms in total. The van der Waals surface area contributed by atoms with Crippen LogP contribution < -0.4 is 5.32 Å². The Bertz CT molecular complexity index is 687. The molecule has 0 heterocycles. The smallest absolute Gasteiger partial charge is 0.0595 e. The molecule has 1 N–H and O–H groups in total. The third-order valence-electron chi connectivity index (χ3n) is 4.52. The highest BCUT2D eigenvalue weighted by Gasteiger charge is 2.27. The molecule has 0 radical (unpaired) electrons. The summed E-state index contributed by atoms with van der Waals surface area (Å²) in [6.07, 6.45) is 2.22. The van der Waals surface area contributed by atoms with Crippen LogP contribution in [-0.4, -0.2) is 7.05 Å². The van der Waals surface area contributed by atoms with Gasteiger partial charge in [-0.25, -0.2) is 0 Å². The number of benzene rings is 2. The highest BCUT2D eigenvalue weighted by molar-refractivity contribution is 7.79. The van der Waals surface area contributed by atoms with Crippen LogP contribution in [0.25, 0.3) is 0 Å². The molecule has 2 aromatic rings. The lowest BCUT2D eigenvalue weighted by Gasteiger charge is -2.32. The van der Waals surface area contributed by atoms with E-state index >= 15 is 0 Å². The van der Waals surface area contributed by atoms with E-state index in [1.165, 1.54) is 22.3 Å². The lowest BCUT2D eigenvalue weighted by Crippen LogP contribution is -2.24. The van der Waals surface area contributed by atoms with Crippen molar-refractivity contribution in [2.45, 2.75) is 30.6 Å². The Labute approximate surface area is 147 Å². The van der Waals surface area contributed by atoms with E-state index < -0.39 is 0 Å². The molecule has 3 rings (SSSR count). The zero-order valence-electron chi connectivity index (χ0n) is 12.4. The number of nitrogens with one attached hydrogen (secondary N) is 1. The van der Waals surface area contributed by atoms with Gasteiger partial charge in [0.05, 0.1) is 10.0 Å². The number of hydrogen-bond donors (Lipinski definition) is 2. The van der Waals surface area contributed by atoms with Crippen LogP contribution in [-0.2, 0) is 5.75 Å². The number of hydrogen-bond acceptors (Lipinski definition) is 2. The van der Waals surface area contributed by atoms with Gasteiger partial charge in [0, 0.05) is 17.7 Å². The lowest BCUT2D eigenvalue weighted by molar-refractivity contribution is 0.470. The average molecular weight is 352 g/mol. The largest absolute Gasteiger partial charge is 0.313 e. The van der Waals surface area contributed by atoms with E-state index in [9.17, 15) is 0 Å². The van der Waals surface area contributed by atoms with Gasteiger partial charge < -0.3 is 5.32 Å². The third kappa shape index (κ3) is 3.03. The Morgan fingerprint density at radius 1 is 1.05 bits per heavy atom. The fraction of sp³-hybridized carbons (Fsp3) is 0.333. The topological polar surface area (TPSA) is 12.0 Å². The third-order valence-corrected chi connectivity index (χ3v) is 5.63. The van der Waals surface area contributed by atoms with E-state index in [2.05, 4.69) is 42.2 Å². The predicted molar refractivity (Wildman–Crippen MR) is 98.5 cm³/mol. The molecule has 22 heavy (non-hydrogen) atoms. The van der Waals surface area contributed by atoms with Crippen LogP contribution in [0.3, 0.4) is 0 Å². The summed E-state index contributed by atoms with van der Waals surface area (Å²) in [6, 6.07) is 13.1. The summed E-state index contributed by atoms with van der Waals surface area (Å²) < 4.78 is 0. The summed E-state index contributed by atoms with van der Waals surface area (Å²) in [5.74, 6) is 1.14. The molecule has 2 atom stereocenters. The SMILES string of the molecule is CN[C@H]1CC[C@@H](c2ccc(Cl)c(Cl)c2)c2ccc(CS)cc21. The quantitative estimate of drug-likeness (QED) is 0.684. The van der Waals surface area contributed by atoms with Crippen molar-refractivity contribution >= 4 is 35.8 Å². The van der Waals surface area contributed by atoms with E-state index in [0.29, 0.717) is 22.0 Å². The van der Waals surface area contributed by atoms with Gasteiger partial charge in [0.2, 0.25) is 0 Å². The van der Waals surface area contributed by atoms with E-state index in [1.54, 1.807) is 0 Å². The number of fused-ring (bicyclic) bond motifs is 1. The van der Waals surface area contributed by atoms with Gasteiger partial charge in [-0.1, -0.05) is 47.5 Å². The van der Waals surface area contributed by atoms with Crippen LogP contribution in [0.4, 0.5) is 0 Å². The molecule has 0 bridgehead atoms. The molecule has 0 saturated heterocycles. The van der Waals surface area contributed by atoms with Crippen molar-refractivity contribution in [2.24, 2.45) is 0 Å². The van der Waals surface area contributed by atoms with Gasteiger partial charge in [-0.05, 0) is 54.3 Å². The molecule has 0 saturated carbocycles. The summed E-state index contributed by atoms with van der Waals surface area (Å²) in [5.41, 5.74) is 5.27. The van der Waals surface area contributed by atoms with Crippen LogP contribution in [0.2, 0.25) is 10.0 Å². The van der Waals surface area contributed by atoms with Gasteiger partial charge in [0.25, 0.3) is 0 Å². The maximum Gasteiger partial charge on any atom is 0.0595 e. The van der Waals surface area contributed by atoms with Gasteiger partial charge in [0.1, 0.15) is 0 Å². The molecule has 4 heteroatoms. The minimum absolute atomic E-state index is 0.378. The average Bonchev–Trinajstić information content (AvgIpc) is 2.55. The number of halogens is 2. The summed E-state index contributed by atoms with van der Waals surface area (Å²) in [7, 11) is 2.03. The minimum atomic E-state index is 0.378. The van der Waals surface area contributed by atoms with Crippen LogP contribution in [0.15, 0.2) is 36.4 Å². The molecule has 1 aliphatic rings. The number of rotatable bonds is 3. The molecule has 0 aromatic heterocycles. The fourth-order valence-electron chi connectivity index (χ4n) is 3.36. The Morgan fingerprint density at radius 3 is 2.55 bits per heavy atom. The molecule has 2 aromatic carbocycles. The molecule has 0 aliphatic heterocycles. The first-order valence-corrected chi connectivity index (χ1v) is 8.88.